The molecule has 0 saturated heterocycles. The van der Waals surface area contributed by atoms with E-state index >= 15 is 0 Å². The molecular formula is C10H12N10. The minimum Gasteiger partial charge on any atom is -0.328 e. The third-order valence-corrected chi connectivity index (χ3v) is 2.67. The zero-order valence-corrected chi connectivity index (χ0v) is 10.7. The number of hydrogen-bond acceptors (Lipinski definition) is 5. The molecule has 10 heteroatoms. The normalized spacial score (nSPS) is 10.0. The SMILES string of the molecule is [N-]=[N+]=NCCCCn1cnc2nc(CN=[N+]=[N-])ncc21. The lowest BCUT2D eigenvalue weighted by molar-refractivity contribution is 0.625. The summed E-state index contributed by atoms with van der Waals surface area (Å²) in [5.74, 6) is 0.448. The smallest absolute Gasteiger partial charge is 0.181 e. The first-order chi connectivity index (χ1) is 9.85. The fourth-order valence-electron chi connectivity index (χ4n) is 1.74. The van der Waals surface area contributed by atoms with Crippen LogP contribution < -0.4 is 0 Å². The number of imidazole rings is 1. The fourth-order valence-corrected chi connectivity index (χ4v) is 1.74. The van der Waals surface area contributed by atoms with E-state index < -0.39 is 0 Å². The summed E-state index contributed by atoms with van der Waals surface area (Å²) >= 11 is 0. The second-order valence-corrected chi connectivity index (χ2v) is 3.98. The number of azide groups is 2. The van der Waals surface area contributed by atoms with E-state index in [1.807, 2.05) is 4.57 Å². The first-order valence-electron chi connectivity index (χ1n) is 6.03. The third kappa shape index (κ3) is 3.35. The van der Waals surface area contributed by atoms with Crippen molar-refractivity contribution in [2.75, 3.05) is 6.54 Å². The van der Waals surface area contributed by atoms with E-state index in [1.54, 1.807) is 12.5 Å². The first-order valence-corrected chi connectivity index (χ1v) is 6.03. The Hall–Kier alpha value is -2.83. The predicted octanol–water partition coefficient (Wildman–Crippen LogP) is 2.73. The molecule has 2 heterocycles. The Labute approximate surface area is 113 Å². The lowest BCUT2D eigenvalue weighted by atomic mass is 10.3. The summed E-state index contributed by atoms with van der Waals surface area (Å²) in [6.07, 6.45) is 5.07. The van der Waals surface area contributed by atoms with E-state index in [0.717, 1.165) is 24.9 Å². The van der Waals surface area contributed by atoms with Crippen LogP contribution in [0.3, 0.4) is 0 Å². The lowest BCUT2D eigenvalue weighted by Crippen LogP contribution is -1.99. The van der Waals surface area contributed by atoms with Gasteiger partial charge in [0.25, 0.3) is 0 Å². The monoisotopic (exact) mass is 272 g/mol. The maximum Gasteiger partial charge on any atom is 0.181 e. The molecule has 0 spiro atoms. The molecule has 0 aliphatic heterocycles. The van der Waals surface area contributed by atoms with Gasteiger partial charge in [0.15, 0.2) is 5.65 Å². The summed E-state index contributed by atoms with van der Waals surface area (Å²) in [5.41, 5.74) is 17.8. The topological polar surface area (TPSA) is 141 Å². The number of aromatic nitrogens is 4. The molecule has 2 aromatic heterocycles. The Morgan fingerprint density at radius 3 is 2.80 bits per heavy atom. The van der Waals surface area contributed by atoms with E-state index in [4.69, 9.17) is 11.1 Å². The minimum atomic E-state index is 0.117. The summed E-state index contributed by atoms with van der Waals surface area (Å²) in [4.78, 5) is 17.9. The number of nitrogens with zero attached hydrogens (tertiary/aromatic N) is 10. The number of hydrogen-bond donors (Lipinski definition) is 0. The molecule has 2 aromatic rings. The van der Waals surface area contributed by atoms with Crippen molar-refractivity contribution in [3.8, 4) is 0 Å². The highest BCUT2D eigenvalue weighted by Gasteiger charge is 2.05. The maximum atomic E-state index is 8.26. The van der Waals surface area contributed by atoms with E-state index in [0.29, 0.717) is 18.0 Å². The van der Waals surface area contributed by atoms with Crippen LogP contribution in [0.4, 0.5) is 0 Å². The summed E-state index contributed by atoms with van der Waals surface area (Å²) in [7, 11) is 0. The van der Waals surface area contributed by atoms with Gasteiger partial charge in [-0.1, -0.05) is 10.2 Å². The molecule has 0 aromatic carbocycles. The summed E-state index contributed by atoms with van der Waals surface area (Å²) in [6.45, 7) is 1.37. The van der Waals surface area contributed by atoms with Crippen LogP contribution in [0.15, 0.2) is 22.8 Å². The summed E-state index contributed by atoms with van der Waals surface area (Å²) in [5, 5.41) is 6.90. The van der Waals surface area contributed by atoms with Crippen molar-refractivity contribution in [3.05, 3.63) is 39.2 Å². The van der Waals surface area contributed by atoms with Gasteiger partial charge in [-0.2, -0.15) is 0 Å². The highest BCUT2D eigenvalue weighted by Crippen LogP contribution is 2.11. The fraction of sp³-hybridized carbons (Fsp3) is 0.500. The molecule has 10 nitrogen and oxygen atoms in total. The molecule has 0 N–H and O–H groups in total. The molecule has 0 aliphatic rings. The Kier molecular flexibility index (Phi) is 4.71. The molecular weight excluding hydrogens is 260 g/mol. The van der Waals surface area contributed by atoms with Crippen molar-refractivity contribution >= 4 is 11.2 Å². The molecule has 0 unspecified atom stereocenters. The van der Waals surface area contributed by atoms with Crippen LogP contribution in [0, 0.1) is 0 Å². The number of unbranched alkanes of at least 4 members (excludes halogenated alkanes) is 1. The van der Waals surface area contributed by atoms with Crippen LogP contribution in [0.5, 0.6) is 0 Å². The van der Waals surface area contributed by atoms with Crippen molar-refractivity contribution in [1.82, 2.24) is 19.5 Å². The Morgan fingerprint density at radius 1 is 1.15 bits per heavy atom. The van der Waals surface area contributed by atoms with Gasteiger partial charge in [0.2, 0.25) is 0 Å². The lowest BCUT2D eigenvalue weighted by Gasteiger charge is -2.02. The first kappa shape index (κ1) is 13.6. The number of aryl methyl sites for hydroxylation is 1. The third-order valence-electron chi connectivity index (χ3n) is 2.67. The molecule has 0 fully saturated rings. The van der Waals surface area contributed by atoms with Gasteiger partial charge in [-0.05, 0) is 23.9 Å². The van der Waals surface area contributed by atoms with Crippen molar-refractivity contribution in [1.29, 1.82) is 0 Å². The predicted molar refractivity (Wildman–Crippen MR) is 71.4 cm³/mol. The molecule has 2 rings (SSSR count). The average molecular weight is 272 g/mol. The van der Waals surface area contributed by atoms with E-state index in [1.165, 1.54) is 0 Å². The van der Waals surface area contributed by atoms with Crippen LogP contribution in [0.2, 0.25) is 0 Å². The molecule has 0 atom stereocenters. The van der Waals surface area contributed by atoms with Crippen LogP contribution in [0.25, 0.3) is 32.0 Å². The molecule has 0 aliphatic carbocycles. The number of fused-ring (bicyclic) bond motifs is 1. The van der Waals surface area contributed by atoms with Crippen molar-refractivity contribution < 1.29 is 0 Å². The maximum absolute atomic E-state index is 8.26. The van der Waals surface area contributed by atoms with Gasteiger partial charge in [0.05, 0.1) is 19.1 Å². The van der Waals surface area contributed by atoms with Crippen molar-refractivity contribution in [2.45, 2.75) is 25.9 Å². The zero-order chi connectivity index (χ0) is 14.2. The Balaban J connectivity index is 2.04. The van der Waals surface area contributed by atoms with Gasteiger partial charge < -0.3 is 4.57 Å². The molecule has 20 heavy (non-hydrogen) atoms. The zero-order valence-electron chi connectivity index (χ0n) is 10.7. The van der Waals surface area contributed by atoms with E-state index in [-0.39, 0.29) is 6.54 Å². The quantitative estimate of drug-likeness (QED) is 0.331. The van der Waals surface area contributed by atoms with Gasteiger partial charge in [0, 0.05) is 22.9 Å². The second-order valence-electron chi connectivity index (χ2n) is 3.98. The summed E-state index contributed by atoms with van der Waals surface area (Å²) in [6, 6.07) is 0. The van der Waals surface area contributed by atoms with Crippen LogP contribution in [-0.2, 0) is 13.1 Å². The molecule has 0 amide bonds. The average Bonchev–Trinajstić information content (AvgIpc) is 2.87. The largest absolute Gasteiger partial charge is 0.328 e. The van der Waals surface area contributed by atoms with Crippen LogP contribution in [0.1, 0.15) is 18.7 Å². The van der Waals surface area contributed by atoms with Crippen molar-refractivity contribution in [3.63, 3.8) is 0 Å². The van der Waals surface area contributed by atoms with E-state index in [2.05, 4.69) is 35.0 Å². The molecule has 102 valence electrons. The van der Waals surface area contributed by atoms with Gasteiger partial charge in [-0.15, -0.1) is 0 Å². The minimum absolute atomic E-state index is 0.117. The van der Waals surface area contributed by atoms with Crippen molar-refractivity contribution in [2.24, 2.45) is 10.2 Å². The Morgan fingerprint density at radius 2 is 2.00 bits per heavy atom. The van der Waals surface area contributed by atoms with E-state index in [9.17, 15) is 0 Å². The standard InChI is InChI=1S/C10H12N10/c11-18-15-3-1-2-4-20-7-14-10-8(20)5-13-9(17-10)6-16-19-12/h5,7H,1-4,6H2. The molecule has 0 radical (unpaired) electrons. The van der Waals surface area contributed by atoms with Crippen LogP contribution in [-0.4, -0.2) is 26.1 Å². The molecule has 0 saturated carbocycles. The highest BCUT2D eigenvalue weighted by atomic mass is 15.2. The number of rotatable bonds is 7. The van der Waals surface area contributed by atoms with Crippen LogP contribution >= 0.6 is 0 Å². The van der Waals surface area contributed by atoms with Gasteiger partial charge >= 0.3 is 0 Å². The van der Waals surface area contributed by atoms with Gasteiger partial charge in [0.1, 0.15) is 11.3 Å². The van der Waals surface area contributed by atoms with Gasteiger partial charge in [-0.3, -0.25) is 0 Å². The molecule has 0 bridgehead atoms. The highest BCUT2D eigenvalue weighted by molar-refractivity contribution is 5.69. The summed E-state index contributed by atoms with van der Waals surface area (Å²) < 4.78 is 1.95. The Bertz CT molecular complexity index is 676. The van der Waals surface area contributed by atoms with Gasteiger partial charge in [-0.25, -0.2) is 15.0 Å². The second kappa shape index (κ2) is 6.93.